The Bertz CT molecular complexity index is 1270. The van der Waals surface area contributed by atoms with Gasteiger partial charge in [-0.2, -0.15) is 5.10 Å². The number of hydrogen-bond acceptors (Lipinski definition) is 7. The van der Waals surface area contributed by atoms with Gasteiger partial charge >= 0.3 is 5.97 Å². The Morgan fingerprint density at radius 3 is 2.71 bits per heavy atom. The topological polar surface area (TPSA) is 90.3 Å². The van der Waals surface area contributed by atoms with Crippen LogP contribution in [0.2, 0.25) is 0 Å². The molecule has 7 nitrogen and oxygen atoms in total. The number of carbonyl (C=O) groups excluding carboxylic acids is 2. The summed E-state index contributed by atoms with van der Waals surface area (Å²) in [6.45, 7) is 4.62. The zero-order chi connectivity index (χ0) is 24.1. The predicted molar refractivity (Wildman–Crippen MR) is 137 cm³/mol. The van der Waals surface area contributed by atoms with Gasteiger partial charge in [0.15, 0.2) is 5.69 Å². The molecule has 0 unspecified atom stereocenters. The lowest BCUT2D eigenvalue weighted by Gasteiger charge is -2.13. The van der Waals surface area contributed by atoms with Gasteiger partial charge in [-0.15, -0.1) is 23.1 Å². The molecular weight excluding hydrogens is 470 g/mol. The minimum Gasteiger partial charge on any atom is -0.462 e. The lowest BCUT2D eigenvalue weighted by atomic mass is 10.1. The van der Waals surface area contributed by atoms with Crippen LogP contribution in [0.25, 0.3) is 10.8 Å². The van der Waals surface area contributed by atoms with Crippen LogP contribution >= 0.6 is 23.1 Å². The molecule has 0 aliphatic carbocycles. The largest absolute Gasteiger partial charge is 0.462 e. The van der Waals surface area contributed by atoms with E-state index in [1.54, 1.807) is 43.0 Å². The number of anilines is 1. The number of thioether (sulfide) groups is 1. The van der Waals surface area contributed by atoms with E-state index >= 15 is 0 Å². The van der Waals surface area contributed by atoms with E-state index in [9.17, 15) is 14.4 Å². The number of ether oxygens (including phenoxy) is 1. The summed E-state index contributed by atoms with van der Waals surface area (Å²) in [5, 5.41) is 8.84. The molecule has 1 amide bonds. The number of thiophene rings is 1. The minimum absolute atomic E-state index is 0.180. The van der Waals surface area contributed by atoms with Crippen molar-refractivity contribution in [3.63, 3.8) is 0 Å². The fourth-order valence-corrected chi connectivity index (χ4v) is 6.67. The number of esters is 1. The third kappa shape index (κ3) is 5.05. The summed E-state index contributed by atoms with van der Waals surface area (Å²) in [7, 11) is 0. The third-order valence-corrected chi connectivity index (χ3v) is 8.33. The van der Waals surface area contributed by atoms with Crippen molar-refractivity contribution in [1.29, 1.82) is 0 Å². The molecule has 0 saturated heterocycles. The first kappa shape index (κ1) is 24.5. The second-order valence-electron chi connectivity index (χ2n) is 8.18. The number of benzene rings is 1. The number of carbonyl (C=O) groups is 2. The minimum atomic E-state index is -0.437. The summed E-state index contributed by atoms with van der Waals surface area (Å²) in [6.07, 6.45) is 5.77. The fraction of sp³-hybridized carbons (Fsp3) is 0.440. The summed E-state index contributed by atoms with van der Waals surface area (Å²) in [5.74, 6) is 0.127. The van der Waals surface area contributed by atoms with Crippen LogP contribution in [0.15, 0.2) is 33.3 Å². The molecule has 2 aromatic heterocycles. The van der Waals surface area contributed by atoms with Crippen molar-refractivity contribution in [3.05, 3.63) is 51.4 Å². The van der Waals surface area contributed by atoms with Gasteiger partial charge in [0.1, 0.15) is 5.00 Å². The van der Waals surface area contributed by atoms with Crippen LogP contribution < -0.4 is 10.9 Å². The molecule has 1 aromatic carbocycles. The first-order valence-corrected chi connectivity index (χ1v) is 13.6. The fourth-order valence-electron chi connectivity index (χ4n) is 4.11. The Morgan fingerprint density at radius 1 is 1.15 bits per heavy atom. The van der Waals surface area contributed by atoms with Gasteiger partial charge in [-0.05, 0) is 43.6 Å². The molecular formula is C25H29N3O4S2. The summed E-state index contributed by atoms with van der Waals surface area (Å²) < 4.78 is 7.74. The third-order valence-electron chi connectivity index (χ3n) is 5.79. The SMILES string of the molecule is CCCCCCn1nc(C(=O)Nc2sc3c(c2C(=O)OCC)CCCS3)c2ccccc2c1=O. The van der Waals surface area contributed by atoms with Crippen molar-refractivity contribution in [2.75, 3.05) is 17.7 Å². The van der Waals surface area contributed by atoms with E-state index < -0.39 is 11.9 Å². The van der Waals surface area contributed by atoms with Gasteiger partial charge in [0, 0.05) is 11.9 Å². The molecule has 3 aromatic rings. The number of fused-ring (bicyclic) bond motifs is 2. The first-order chi connectivity index (χ1) is 16.5. The zero-order valence-corrected chi connectivity index (χ0v) is 21.2. The molecule has 0 fully saturated rings. The highest BCUT2D eigenvalue weighted by Gasteiger charge is 2.28. The van der Waals surface area contributed by atoms with E-state index in [-0.39, 0.29) is 17.9 Å². The molecule has 0 bridgehead atoms. The lowest BCUT2D eigenvalue weighted by Crippen LogP contribution is -2.28. The Kier molecular flexibility index (Phi) is 8.05. The molecule has 4 rings (SSSR count). The highest BCUT2D eigenvalue weighted by molar-refractivity contribution is 8.01. The van der Waals surface area contributed by atoms with Crippen LogP contribution in [0.5, 0.6) is 0 Å². The number of rotatable bonds is 9. The molecule has 9 heteroatoms. The molecule has 3 heterocycles. The quantitative estimate of drug-likeness (QED) is 0.309. The number of hydrogen-bond donors (Lipinski definition) is 1. The zero-order valence-electron chi connectivity index (χ0n) is 19.5. The Labute approximate surface area is 206 Å². The van der Waals surface area contributed by atoms with Crippen LogP contribution in [0.3, 0.4) is 0 Å². The monoisotopic (exact) mass is 499 g/mol. The second-order valence-corrected chi connectivity index (χ2v) is 10.6. The molecule has 0 radical (unpaired) electrons. The van der Waals surface area contributed by atoms with E-state index in [4.69, 9.17) is 4.74 Å². The maximum atomic E-state index is 13.5. The molecule has 0 saturated carbocycles. The summed E-state index contributed by atoms with van der Waals surface area (Å²) in [6, 6.07) is 7.04. The van der Waals surface area contributed by atoms with Crippen molar-refractivity contribution in [2.24, 2.45) is 0 Å². The van der Waals surface area contributed by atoms with Crippen molar-refractivity contribution < 1.29 is 14.3 Å². The average Bonchev–Trinajstić information content (AvgIpc) is 3.21. The van der Waals surface area contributed by atoms with Gasteiger partial charge in [0.05, 0.1) is 21.8 Å². The number of amides is 1. The number of unbranched alkanes of at least 4 members (excludes halogenated alkanes) is 3. The Hall–Kier alpha value is -2.65. The molecule has 34 heavy (non-hydrogen) atoms. The van der Waals surface area contributed by atoms with Crippen LogP contribution in [-0.4, -0.2) is 34.0 Å². The smallest absolute Gasteiger partial charge is 0.341 e. The molecule has 0 atom stereocenters. The maximum absolute atomic E-state index is 13.5. The van der Waals surface area contributed by atoms with Crippen LogP contribution in [0.1, 0.15) is 72.4 Å². The van der Waals surface area contributed by atoms with Crippen LogP contribution in [0.4, 0.5) is 5.00 Å². The van der Waals surface area contributed by atoms with E-state index in [1.807, 2.05) is 0 Å². The van der Waals surface area contributed by atoms with E-state index in [2.05, 4.69) is 17.3 Å². The molecule has 180 valence electrons. The lowest BCUT2D eigenvalue weighted by molar-refractivity contribution is 0.0526. The second kappa shape index (κ2) is 11.2. The highest BCUT2D eigenvalue weighted by atomic mass is 32.2. The predicted octanol–water partition coefficient (Wildman–Crippen LogP) is 5.51. The Morgan fingerprint density at radius 2 is 1.94 bits per heavy atom. The summed E-state index contributed by atoms with van der Waals surface area (Å²) in [5.41, 5.74) is 1.38. The molecule has 1 aliphatic rings. The standard InChI is InChI=1S/C25H29N3O4S2/c1-3-5-6-9-14-28-23(30)17-12-8-7-11-16(17)20(27-28)21(29)26-22-19(24(31)32-4-2)18-13-10-15-33-25(18)34-22/h7-8,11-12H,3-6,9-10,13-15H2,1-2H3,(H,26,29). The average molecular weight is 500 g/mol. The van der Waals surface area contributed by atoms with Crippen molar-refractivity contribution in [1.82, 2.24) is 9.78 Å². The van der Waals surface area contributed by atoms with E-state index in [0.29, 0.717) is 27.9 Å². The van der Waals surface area contributed by atoms with E-state index in [0.717, 1.165) is 54.1 Å². The van der Waals surface area contributed by atoms with Gasteiger partial charge in [0.2, 0.25) is 0 Å². The van der Waals surface area contributed by atoms with Crippen molar-refractivity contribution >= 4 is 50.7 Å². The highest BCUT2D eigenvalue weighted by Crippen LogP contribution is 2.44. The molecule has 0 spiro atoms. The number of nitrogens with zero attached hydrogens (tertiary/aromatic N) is 2. The normalized spacial score (nSPS) is 13.0. The van der Waals surface area contributed by atoms with Gasteiger partial charge in [-0.1, -0.05) is 44.4 Å². The first-order valence-electron chi connectivity index (χ1n) is 11.8. The van der Waals surface area contributed by atoms with Crippen LogP contribution in [-0.2, 0) is 17.7 Å². The molecule has 1 N–H and O–H groups in total. The number of nitrogens with one attached hydrogen (secondary N) is 1. The number of aryl methyl sites for hydroxylation is 1. The molecule has 1 aliphatic heterocycles. The van der Waals surface area contributed by atoms with Gasteiger partial charge in [0.25, 0.3) is 11.5 Å². The summed E-state index contributed by atoms with van der Waals surface area (Å²) in [4.78, 5) is 39.2. The van der Waals surface area contributed by atoms with Crippen LogP contribution in [0, 0.1) is 0 Å². The van der Waals surface area contributed by atoms with Gasteiger partial charge < -0.3 is 10.1 Å². The van der Waals surface area contributed by atoms with Crippen molar-refractivity contribution in [2.45, 2.75) is 63.1 Å². The van der Waals surface area contributed by atoms with E-state index in [1.165, 1.54) is 16.0 Å². The number of aromatic nitrogens is 2. The summed E-state index contributed by atoms with van der Waals surface area (Å²) >= 11 is 3.11. The van der Waals surface area contributed by atoms with Crippen molar-refractivity contribution in [3.8, 4) is 0 Å². The Balaban J connectivity index is 1.71. The maximum Gasteiger partial charge on any atom is 0.341 e. The van der Waals surface area contributed by atoms with Gasteiger partial charge in [-0.25, -0.2) is 9.48 Å². The van der Waals surface area contributed by atoms with Gasteiger partial charge in [-0.3, -0.25) is 9.59 Å².